The third-order valence-corrected chi connectivity index (χ3v) is 21.1. The Kier molecular flexibility index (Phi) is 10.6. The standard InChI is InChI=1S/C55H44GeN2/c1-43-27-35-52(36-28-43)58(55-41-39-54(40-42-55)57(50-23-13-5-14-24-50)51-25-15-6-16-26-51)53-37-31-45(32-38-53)44-29-33-49(34-30-44)56(46-17-7-2-8-18-46,47-19-9-3-10-20-47)48-21-11-4-12-22-48/h2-42H,1H3. The molecule has 0 heterocycles. The number of nitrogens with zero attached hydrogens (tertiary/aromatic N) is 2. The number of anilines is 6. The Hall–Kier alpha value is -6.88. The van der Waals surface area contributed by atoms with Crippen LogP contribution in [0.4, 0.5) is 34.1 Å². The first-order chi connectivity index (χ1) is 28.7. The van der Waals surface area contributed by atoms with Crippen LogP contribution in [-0.4, -0.2) is 13.3 Å². The molecule has 0 aliphatic rings. The molecule has 3 heteroatoms. The first-order valence-corrected chi connectivity index (χ1v) is 24.1. The number of hydrogen-bond donors (Lipinski definition) is 0. The summed E-state index contributed by atoms with van der Waals surface area (Å²) in [7, 11) is 0. The van der Waals surface area contributed by atoms with E-state index in [1.807, 2.05) is 0 Å². The van der Waals surface area contributed by atoms with Gasteiger partial charge in [-0.05, 0) is 31.2 Å². The molecule has 0 saturated heterocycles. The van der Waals surface area contributed by atoms with Gasteiger partial charge in [0.1, 0.15) is 0 Å². The minimum absolute atomic E-state index is 1.09. The van der Waals surface area contributed by atoms with Crippen LogP contribution < -0.4 is 27.4 Å². The van der Waals surface area contributed by atoms with E-state index in [9.17, 15) is 0 Å². The molecular formula is C55H44GeN2. The predicted octanol–water partition coefficient (Wildman–Crippen LogP) is 12.0. The molecule has 9 aromatic rings. The summed E-state index contributed by atoms with van der Waals surface area (Å²) in [6, 6.07) is 90.7. The fraction of sp³-hybridized carbons (Fsp3) is 0.0182. The zero-order chi connectivity index (χ0) is 39.2. The van der Waals surface area contributed by atoms with Crippen molar-refractivity contribution in [3.05, 3.63) is 254 Å². The zero-order valence-corrected chi connectivity index (χ0v) is 34.7. The summed E-state index contributed by atoms with van der Waals surface area (Å²) in [5.74, 6) is 0. The fourth-order valence-corrected chi connectivity index (χ4v) is 18.2. The maximum atomic E-state index is 2.39. The Morgan fingerprint density at radius 2 is 0.483 bits per heavy atom. The van der Waals surface area contributed by atoms with E-state index >= 15 is 0 Å². The molecule has 0 saturated carbocycles. The third kappa shape index (κ3) is 7.27. The normalized spacial score (nSPS) is 11.2. The fourth-order valence-electron chi connectivity index (χ4n) is 8.27. The van der Waals surface area contributed by atoms with E-state index in [4.69, 9.17) is 0 Å². The molecule has 0 amide bonds. The van der Waals surface area contributed by atoms with E-state index in [-0.39, 0.29) is 0 Å². The van der Waals surface area contributed by atoms with Gasteiger partial charge >= 0.3 is 252 Å². The van der Waals surface area contributed by atoms with Gasteiger partial charge in [0.25, 0.3) is 0 Å². The van der Waals surface area contributed by atoms with Gasteiger partial charge in [-0.25, -0.2) is 0 Å². The summed E-state index contributed by atoms with van der Waals surface area (Å²) in [5.41, 5.74) is 10.3. The van der Waals surface area contributed by atoms with Crippen molar-refractivity contribution >= 4 is 65.0 Å². The average Bonchev–Trinajstić information content (AvgIpc) is 3.30. The van der Waals surface area contributed by atoms with Crippen molar-refractivity contribution in [2.24, 2.45) is 0 Å². The van der Waals surface area contributed by atoms with Crippen molar-refractivity contribution in [3.63, 3.8) is 0 Å². The summed E-state index contributed by atoms with van der Waals surface area (Å²) in [5, 5.41) is 0. The van der Waals surface area contributed by atoms with E-state index in [0.29, 0.717) is 0 Å². The topological polar surface area (TPSA) is 6.48 Å². The molecule has 0 radical (unpaired) electrons. The molecule has 58 heavy (non-hydrogen) atoms. The molecule has 0 fully saturated rings. The molecule has 9 aromatic carbocycles. The van der Waals surface area contributed by atoms with E-state index in [2.05, 4.69) is 265 Å². The second kappa shape index (κ2) is 16.7. The van der Waals surface area contributed by atoms with Gasteiger partial charge in [0, 0.05) is 17.1 Å². The van der Waals surface area contributed by atoms with Gasteiger partial charge in [0.05, 0.1) is 0 Å². The predicted molar refractivity (Wildman–Crippen MR) is 250 cm³/mol. The second-order valence-electron chi connectivity index (χ2n) is 14.7. The molecule has 0 bridgehead atoms. The van der Waals surface area contributed by atoms with Gasteiger partial charge in [0.15, 0.2) is 0 Å². The Morgan fingerprint density at radius 1 is 0.241 bits per heavy atom. The molecule has 0 atom stereocenters. The average molecular weight is 806 g/mol. The van der Waals surface area contributed by atoms with Gasteiger partial charge in [-0.15, -0.1) is 0 Å². The molecule has 0 aliphatic carbocycles. The monoisotopic (exact) mass is 806 g/mol. The molecule has 0 unspecified atom stereocenters. The van der Waals surface area contributed by atoms with Crippen molar-refractivity contribution in [2.75, 3.05) is 9.80 Å². The van der Waals surface area contributed by atoms with Gasteiger partial charge < -0.3 is 4.90 Å². The number of hydrogen-bond acceptors (Lipinski definition) is 2. The van der Waals surface area contributed by atoms with Crippen LogP contribution in [0, 0.1) is 6.92 Å². The quantitative estimate of drug-likeness (QED) is 0.120. The molecule has 2 nitrogen and oxygen atoms in total. The van der Waals surface area contributed by atoms with E-state index in [1.165, 1.54) is 34.3 Å². The number of rotatable bonds is 11. The molecular weight excluding hydrogens is 761 g/mol. The minimum atomic E-state index is -3.32. The number of benzene rings is 9. The van der Waals surface area contributed by atoms with Crippen LogP contribution in [0.3, 0.4) is 0 Å². The van der Waals surface area contributed by atoms with Crippen molar-refractivity contribution in [2.45, 2.75) is 6.92 Å². The van der Waals surface area contributed by atoms with E-state index in [0.717, 1.165) is 34.1 Å². The van der Waals surface area contributed by atoms with Crippen LogP contribution in [0.1, 0.15) is 5.56 Å². The first-order valence-electron chi connectivity index (χ1n) is 19.9. The SMILES string of the molecule is Cc1ccc(N(c2ccc(-c3cc[c]([Ge]([c]4ccccc4)([c]4ccccc4)[c]4ccccc4)cc3)cc2)c2ccc(N(c3ccccc3)c3ccccc3)cc2)cc1. The molecule has 0 aromatic heterocycles. The molecule has 0 spiro atoms. The second-order valence-corrected chi connectivity index (χ2v) is 22.7. The van der Waals surface area contributed by atoms with Crippen LogP contribution in [0.5, 0.6) is 0 Å². The Morgan fingerprint density at radius 3 is 0.828 bits per heavy atom. The van der Waals surface area contributed by atoms with Crippen molar-refractivity contribution in [1.29, 1.82) is 0 Å². The third-order valence-electron chi connectivity index (χ3n) is 11.1. The van der Waals surface area contributed by atoms with Gasteiger partial charge in [-0.3, -0.25) is 0 Å². The molecule has 278 valence electrons. The summed E-state index contributed by atoms with van der Waals surface area (Å²) >= 11 is -3.32. The van der Waals surface area contributed by atoms with Gasteiger partial charge in [-0.1, -0.05) is 42.0 Å². The molecule has 9 rings (SSSR count). The van der Waals surface area contributed by atoms with Crippen LogP contribution in [0.15, 0.2) is 249 Å². The zero-order valence-electron chi connectivity index (χ0n) is 32.6. The van der Waals surface area contributed by atoms with Crippen molar-refractivity contribution < 1.29 is 0 Å². The van der Waals surface area contributed by atoms with Crippen molar-refractivity contribution in [3.8, 4) is 11.1 Å². The van der Waals surface area contributed by atoms with E-state index in [1.54, 1.807) is 0 Å². The van der Waals surface area contributed by atoms with Gasteiger partial charge in [0.2, 0.25) is 0 Å². The van der Waals surface area contributed by atoms with Crippen LogP contribution >= 0.6 is 0 Å². The Labute approximate surface area is 345 Å². The molecule has 0 N–H and O–H groups in total. The van der Waals surface area contributed by atoms with E-state index < -0.39 is 13.3 Å². The maximum absolute atomic E-state index is 3.32. The summed E-state index contributed by atoms with van der Waals surface area (Å²) < 4.78 is 5.69. The van der Waals surface area contributed by atoms with Crippen LogP contribution in [0.2, 0.25) is 0 Å². The number of aryl methyl sites for hydroxylation is 1. The van der Waals surface area contributed by atoms with Crippen LogP contribution in [0.25, 0.3) is 11.1 Å². The van der Waals surface area contributed by atoms with Gasteiger partial charge in [-0.2, -0.15) is 0 Å². The summed E-state index contributed by atoms with van der Waals surface area (Å²) in [4.78, 5) is 4.64. The first kappa shape index (κ1) is 36.7. The summed E-state index contributed by atoms with van der Waals surface area (Å²) in [6.45, 7) is 2.14. The van der Waals surface area contributed by atoms with Crippen molar-refractivity contribution in [1.82, 2.24) is 0 Å². The Balaban J connectivity index is 1.07. The summed E-state index contributed by atoms with van der Waals surface area (Å²) in [6.07, 6.45) is 0. The molecule has 0 aliphatic heterocycles. The Bertz CT molecular complexity index is 2530. The number of para-hydroxylation sites is 2. The van der Waals surface area contributed by atoms with Crippen LogP contribution in [-0.2, 0) is 0 Å².